The Hall–Kier alpha value is -7.13. The van der Waals surface area contributed by atoms with Crippen molar-refractivity contribution in [2.24, 2.45) is 0 Å². The van der Waals surface area contributed by atoms with E-state index in [9.17, 15) is 5.11 Å². The SMILES string of the molecule is [2H]C([2H])([2H])c1cc(-c2ccccc2)cc(-n2c(-c3cc(C(C)C)cc(C(C)C)c3O)nc3c(-c4[c-]c(-c5cc(-c6ccc(-c7ccccc7)cc6)ccn5)cc(-c5ccccc5)c4)cccc32)c1.[Pt]. The Morgan fingerprint density at radius 3 is 1.74 bits per heavy atom. The second-order valence-electron chi connectivity index (χ2n) is 17.3. The Kier molecular flexibility index (Phi) is 11.5. The molecule has 2 aromatic heterocycles. The molecular weight excluding hydrogens is 986 g/mol. The van der Waals surface area contributed by atoms with Crippen molar-refractivity contribution in [1.82, 2.24) is 14.5 Å². The van der Waals surface area contributed by atoms with Crippen molar-refractivity contribution in [3.05, 3.63) is 217 Å². The van der Waals surface area contributed by atoms with Crippen LogP contribution in [-0.4, -0.2) is 19.6 Å². The van der Waals surface area contributed by atoms with E-state index in [1.807, 2.05) is 95.7 Å². The third kappa shape index (κ3) is 8.70. The van der Waals surface area contributed by atoms with Crippen molar-refractivity contribution in [3.63, 3.8) is 0 Å². The summed E-state index contributed by atoms with van der Waals surface area (Å²) in [5, 5.41) is 12.3. The summed E-state index contributed by atoms with van der Waals surface area (Å²) in [5.41, 5.74) is 16.1. The number of aromatic hydroxyl groups is 1. The molecule has 2 heterocycles. The molecule has 66 heavy (non-hydrogen) atoms. The first-order valence-corrected chi connectivity index (χ1v) is 22.2. The molecule has 4 nitrogen and oxygen atoms in total. The number of aromatic nitrogens is 3. The largest absolute Gasteiger partial charge is 0.507 e. The van der Waals surface area contributed by atoms with E-state index in [1.54, 1.807) is 12.1 Å². The minimum Gasteiger partial charge on any atom is -0.507 e. The fraction of sp³-hybridized carbons (Fsp3) is 0.115. The van der Waals surface area contributed by atoms with Crippen LogP contribution in [0.1, 0.15) is 60.3 Å². The summed E-state index contributed by atoms with van der Waals surface area (Å²) in [6.07, 6.45) is 1.85. The Labute approximate surface area is 406 Å². The van der Waals surface area contributed by atoms with Gasteiger partial charge < -0.3 is 5.11 Å². The van der Waals surface area contributed by atoms with Gasteiger partial charge >= 0.3 is 0 Å². The van der Waals surface area contributed by atoms with Crippen LogP contribution >= 0.6 is 0 Å². The number of phenolic OH excluding ortho intramolecular Hbond substituents is 1. The van der Waals surface area contributed by atoms with E-state index in [4.69, 9.17) is 14.1 Å². The van der Waals surface area contributed by atoms with Gasteiger partial charge in [0.25, 0.3) is 0 Å². The summed E-state index contributed by atoms with van der Waals surface area (Å²) in [4.78, 5) is 10.4. The molecule has 8 aromatic carbocycles. The van der Waals surface area contributed by atoms with Gasteiger partial charge in [-0.15, -0.1) is 23.8 Å². The van der Waals surface area contributed by atoms with E-state index in [2.05, 4.69) is 125 Å². The molecule has 0 saturated carbocycles. The second kappa shape index (κ2) is 18.8. The summed E-state index contributed by atoms with van der Waals surface area (Å²) in [6, 6.07) is 67.1. The number of fused-ring (bicyclic) bond motifs is 1. The average molecular weight is 1040 g/mol. The number of aryl methyl sites for hydroxylation is 1. The maximum atomic E-state index is 12.3. The molecule has 1 N–H and O–H groups in total. The van der Waals surface area contributed by atoms with Gasteiger partial charge in [-0.05, 0) is 105 Å². The summed E-state index contributed by atoms with van der Waals surface area (Å²) in [7, 11) is 0. The number of hydrogen-bond acceptors (Lipinski definition) is 3. The number of phenols is 1. The first kappa shape index (κ1) is 40.4. The van der Waals surface area contributed by atoms with Crippen molar-refractivity contribution in [1.29, 1.82) is 0 Å². The Balaban J connectivity index is 0.00000593. The van der Waals surface area contributed by atoms with Crippen LogP contribution in [-0.2, 0) is 21.1 Å². The molecule has 0 fully saturated rings. The normalized spacial score (nSPS) is 12.2. The van der Waals surface area contributed by atoms with E-state index in [0.717, 1.165) is 78.0 Å². The zero-order valence-corrected chi connectivity index (χ0v) is 39.5. The number of rotatable bonds is 10. The molecule has 326 valence electrons. The van der Waals surface area contributed by atoms with Crippen LogP contribution in [0.5, 0.6) is 5.75 Å². The Morgan fingerprint density at radius 2 is 1.12 bits per heavy atom. The number of imidazole rings is 1. The van der Waals surface area contributed by atoms with Crippen LogP contribution in [0.2, 0.25) is 0 Å². The van der Waals surface area contributed by atoms with Crippen molar-refractivity contribution >= 4 is 11.0 Å². The molecule has 0 aliphatic rings. The molecular formula is C61H50N3OPt-. The molecule has 0 atom stereocenters. The van der Waals surface area contributed by atoms with Gasteiger partial charge in [0, 0.05) is 42.8 Å². The zero-order valence-electron chi connectivity index (χ0n) is 40.2. The van der Waals surface area contributed by atoms with Crippen molar-refractivity contribution < 1.29 is 30.3 Å². The van der Waals surface area contributed by atoms with Crippen molar-refractivity contribution in [2.45, 2.75) is 46.4 Å². The predicted molar refractivity (Wildman–Crippen MR) is 270 cm³/mol. The third-order valence-corrected chi connectivity index (χ3v) is 12.3. The van der Waals surface area contributed by atoms with E-state index in [0.29, 0.717) is 22.6 Å². The topological polar surface area (TPSA) is 50.9 Å². The number of benzene rings is 8. The molecule has 0 bridgehead atoms. The quantitative estimate of drug-likeness (QED) is 0.139. The molecule has 5 heteroatoms. The van der Waals surface area contributed by atoms with Gasteiger partial charge in [0.05, 0.1) is 16.6 Å². The van der Waals surface area contributed by atoms with Gasteiger partial charge in [-0.1, -0.05) is 190 Å². The van der Waals surface area contributed by atoms with Crippen molar-refractivity contribution in [3.8, 4) is 89.7 Å². The Morgan fingerprint density at radius 1 is 0.530 bits per heavy atom. The van der Waals surface area contributed by atoms with E-state index >= 15 is 0 Å². The van der Waals surface area contributed by atoms with Gasteiger partial charge in [0.1, 0.15) is 11.6 Å². The van der Waals surface area contributed by atoms with E-state index < -0.39 is 6.85 Å². The molecule has 0 amide bonds. The maximum absolute atomic E-state index is 12.3. The monoisotopic (exact) mass is 1040 g/mol. The van der Waals surface area contributed by atoms with Crippen LogP contribution in [0.3, 0.4) is 0 Å². The number of para-hydroxylation sites is 1. The van der Waals surface area contributed by atoms with Crippen LogP contribution in [0.15, 0.2) is 194 Å². The standard InChI is InChI=1S/C61H50N3O.Pt/c1-39(2)48-36-55(40(3)4)60(65)56(37-48)61-63-59-54(22-15-23-58(59)64(61)53-31-41(5)30-49(35-53)43-18-11-7-12-19-43)51-32-50(44-20-13-8-14-21-44)33-52(34-51)57-38-47(28-29-62-57)46-26-24-45(25-27-46)42-16-9-6-10-17-42;/h6-33,35-40,65H,1-5H3;/q-1;/i5D3;. The van der Waals surface area contributed by atoms with Crippen LogP contribution in [0.4, 0.5) is 0 Å². The minimum atomic E-state index is -2.40. The predicted octanol–water partition coefficient (Wildman–Crippen LogP) is 16.1. The zero-order chi connectivity index (χ0) is 47.1. The van der Waals surface area contributed by atoms with Gasteiger partial charge in [0.15, 0.2) is 0 Å². The van der Waals surface area contributed by atoms with E-state index in [-0.39, 0.29) is 44.2 Å². The summed E-state index contributed by atoms with van der Waals surface area (Å²) in [5.74, 6) is 0.846. The molecule has 0 radical (unpaired) electrons. The van der Waals surface area contributed by atoms with Gasteiger partial charge in [-0.2, -0.15) is 0 Å². The van der Waals surface area contributed by atoms with Crippen LogP contribution < -0.4 is 0 Å². The summed E-state index contributed by atoms with van der Waals surface area (Å²) in [6.45, 7) is 6.05. The van der Waals surface area contributed by atoms with Crippen LogP contribution in [0, 0.1) is 12.9 Å². The number of pyridine rings is 1. The summed E-state index contributed by atoms with van der Waals surface area (Å²) >= 11 is 0. The summed E-state index contributed by atoms with van der Waals surface area (Å²) < 4.78 is 27.8. The fourth-order valence-corrected chi connectivity index (χ4v) is 8.81. The number of nitrogens with zero attached hydrogens (tertiary/aromatic N) is 3. The second-order valence-corrected chi connectivity index (χ2v) is 17.3. The fourth-order valence-electron chi connectivity index (χ4n) is 8.81. The average Bonchev–Trinajstić information content (AvgIpc) is 3.76. The third-order valence-electron chi connectivity index (χ3n) is 12.3. The first-order valence-electron chi connectivity index (χ1n) is 23.7. The van der Waals surface area contributed by atoms with Crippen molar-refractivity contribution in [2.75, 3.05) is 0 Å². The maximum Gasteiger partial charge on any atom is 0.148 e. The van der Waals surface area contributed by atoms with Crippen LogP contribution in [0.25, 0.3) is 95.0 Å². The van der Waals surface area contributed by atoms with E-state index in [1.165, 1.54) is 5.56 Å². The van der Waals surface area contributed by atoms with Gasteiger partial charge in [0.2, 0.25) is 0 Å². The smallest absolute Gasteiger partial charge is 0.148 e. The minimum absolute atomic E-state index is 0. The molecule has 0 spiro atoms. The molecule has 10 aromatic rings. The molecule has 0 unspecified atom stereocenters. The first-order chi connectivity index (χ1) is 32.9. The molecule has 0 aliphatic carbocycles. The molecule has 0 aliphatic heterocycles. The van der Waals surface area contributed by atoms with Gasteiger partial charge in [-0.3, -0.25) is 9.55 Å². The number of hydrogen-bond donors (Lipinski definition) is 1. The molecule has 10 rings (SSSR count). The Bertz CT molecular complexity index is 3440. The molecule has 0 saturated heterocycles. The van der Waals surface area contributed by atoms with Gasteiger partial charge in [-0.25, -0.2) is 4.98 Å².